The molecule has 2 unspecified atom stereocenters. The maximum absolute atomic E-state index is 13.6. The number of nitrogens with two attached hydrogens (primary N) is 1. The number of benzene rings is 1. The molecule has 1 saturated heterocycles. The Bertz CT molecular complexity index is 416. The van der Waals surface area contributed by atoms with Crippen LogP contribution in [0.1, 0.15) is 50.6 Å². The maximum Gasteiger partial charge on any atom is 0.125 e. The second-order valence-corrected chi connectivity index (χ2v) is 6.07. The van der Waals surface area contributed by atoms with Gasteiger partial charge in [0.2, 0.25) is 0 Å². The third-order valence-electron chi connectivity index (χ3n) is 4.19. The molecule has 2 rings (SSSR count). The molecule has 0 aliphatic carbocycles. The summed E-state index contributed by atoms with van der Waals surface area (Å²) < 4.78 is 13.6. The van der Waals surface area contributed by atoms with E-state index in [4.69, 9.17) is 17.3 Å². The number of likely N-dealkylation sites (tertiary alicyclic amines) is 1. The smallest absolute Gasteiger partial charge is 0.125 e. The summed E-state index contributed by atoms with van der Waals surface area (Å²) in [5.41, 5.74) is 6.89. The minimum atomic E-state index is -0.282. The fourth-order valence-corrected chi connectivity index (χ4v) is 3.54. The second-order valence-electron chi connectivity index (χ2n) is 5.63. The summed E-state index contributed by atoms with van der Waals surface area (Å²) in [6.45, 7) is 3.75. The van der Waals surface area contributed by atoms with Gasteiger partial charge in [-0.25, -0.2) is 4.39 Å². The fourth-order valence-electron chi connectivity index (χ4n) is 3.31. The Morgan fingerprint density at radius 3 is 2.85 bits per heavy atom. The van der Waals surface area contributed by atoms with Crippen molar-refractivity contribution in [1.29, 1.82) is 0 Å². The summed E-state index contributed by atoms with van der Waals surface area (Å²) in [5, 5.41) is 0.447. The fraction of sp³-hybridized carbons (Fsp3) is 0.625. The lowest BCUT2D eigenvalue weighted by molar-refractivity contribution is 0.0911. The molecule has 0 spiro atoms. The Labute approximate surface area is 126 Å². The molecule has 0 bridgehead atoms. The second kappa shape index (κ2) is 7.39. The largest absolute Gasteiger partial charge is 0.329 e. The van der Waals surface area contributed by atoms with Crippen LogP contribution < -0.4 is 5.73 Å². The van der Waals surface area contributed by atoms with E-state index in [1.54, 1.807) is 6.07 Å². The van der Waals surface area contributed by atoms with Gasteiger partial charge in [0.25, 0.3) is 0 Å². The van der Waals surface area contributed by atoms with E-state index >= 15 is 0 Å². The average Bonchev–Trinajstić information content (AvgIpc) is 2.41. The van der Waals surface area contributed by atoms with Crippen molar-refractivity contribution in [2.24, 2.45) is 5.73 Å². The number of nitrogens with zero attached hydrogens (tertiary/aromatic N) is 1. The molecule has 20 heavy (non-hydrogen) atoms. The highest BCUT2D eigenvalue weighted by molar-refractivity contribution is 6.30. The Morgan fingerprint density at radius 1 is 1.40 bits per heavy atom. The topological polar surface area (TPSA) is 29.3 Å². The lowest BCUT2D eigenvalue weighted by atomic mass is 9.93. The van der Waals surface area contributed by atoms with E-state index in [9.17, 15) is 4.39 Å². The first kappa shape index (κ1) is 15.7. The van der Waals surface area contributed by atoms with Gasteiger partial charge in [0.15, 0.2) is 0 Å². The van der Waals surface area contributed by atoms with E-state index in [-0.39, 0.29) is 11.9 Å². The van der Waals surface area contributed by atoms with Crippen LogP contribution in [0.4, 0.5) is 4.39 Å². The number of piperidine rings is 1. The van der Waals surface area contributed by atoms with Gasteiger partial charge in [-0.15, -0.1) is 0 Å². The quantitative estimate of drug-likeness (QED) is 0.885. The zero-order chi connectivity index (χ0) is 14.5. The summed E-state index contributed by atoms with van der Waals surface area (Å²) in [6.07, 6.45) is 6.04. The molecule has 112 valence electrons. The van der Waals surface area contributed by atoms with Crippen LogP contribution in [0, 0.1) is 5.82 Å². The molecule has 1 fully saturated rings. The van der Waals surface area contributed by atoms with Gasteiger partial charge >= 0.3 is 0 Å². The van der Waals surface area contributed by atoms with Gasteiger partial charge < -0.3 is 5.73 Å². The molecule has 2 atom stereocenters. The molecule has 1 aromatic carbocycles. The molecule has 0 radical (unpaired) electrons. The van der Waals surface area contributed by atoms with Gasteiger partial charge in [0.1, 0.15) is 5.82 Å². The number of rotatable bonds is 5. The monoisotopic (exact) mass is 298 g/mol. The molecule has 1 aliphatic heterocycles. The highest BCUT2D eigenvalue weighted by Crippen LogP contribution is 2.31. The van der Waals surface area contributed by atoms with Gasteiger partial charge in [-0.3, -0.25) is 4.90 Å². The first-order valence-corrected chi connectivity index (χ1v) is 7.95. The van der Waals surface area contributed by atoms with Gasteiger partial charge in [-0.05, 0) is 49.6 Å². The molecule has 4 heteroatoms. The lowest BCUT2D eigenvalue weighted by Gasteiger charge is -2.41. The maximum atomic E-state index is 13.6. The zero-order valence-corrected chi connectivity index (χ0v) is 12.9. The molecule has 2 N–H and O–H groups in total. The molecule has 0 aromatic heterocycles. The molecule has 2 nitrogen and oxygen atoms in total. The molecular formula is C16H24ClFN2. The van der Waals surface area contributed by atoms with Crippen molar-refractivity contribution >= 4 is 11.6 Å². The number of hydrogen-bond donors (Lipinski definition) is 1. The standard InChI is InChI=1S/C16H24ClFN2/c1-2-5-15-6-3-4-7-20(15)16(11-19)12-8-13(17)10-14(18)9-12/h8-10,15-16H,2-7,11,19H2,1H3. The van der Waals surface area contributed by atoms with Crippen LogP contribution in [0.5, 0.6) is 0 Å². The minimum Gasteiger partial charge on any atom is -0.329 e. The van der Waals surface area contributed by atoms with Gasteiger partial charge in [0.05, 0.1) is 0 Å². The summed E-state index contributed by atoms with van der Waals surface area (Å²) in [6, 6.07) is 5.39. The Hall–Kier alpha value is -0.640. The summed E-state index contributed by atoms with van der Waals surface area (Å²) >= 11 is 5.99. The normalized spacial score (nSPS) is 21.9. The number of hydrogen-bond acceptors (Lipinski definition) is 2. The van der Waals surface area contributed by atoms with Crippen molar-refractivity contribution < 1.29 is 4.39 Å². The van der Waals surface area contributed by atoms with Crippen LogP contribution in [-0.2, 0) is 0 Å². The predicted octanol–water partition coefficient (Wildman–Crippen LogP) is 4.13. The van der Waals surface area contributed by atoms with Crippen molar-refractivity contribution in [2.45, 2.75) is 51.1 Å². The van der Waals surface area contributed by atoms with E-state index in [1.807, 2.05) is 6.07 Å². The highest BCUT2D eigenvalue weighted by atomic mass is 35.5. The molecule has 1 aromatic rings. The van der Waals surface area contributed by atoms with E-state index in [0.717, 1.165) is 12.1 Å². The van der Waals surface area contributed by atoms with Crippen molar-refractivity contribution in [3.63, 3.8) is 0 Å². The van der Waals surface area contributed by atoms with Gasteiger partial charge in [0, 0.05) is 23.7 Å². The number of halogens is 2. The zero-order valence-electron chi connectivity index (χ0n) is 12.1. The van der Waals surface area contributed by atoms with Gasteiger partial charge in [-0.2, -0.15) is 0 Å². The third kappa shape index (κ3) is 3.72. The highest BCUT2D eigenvalue weighted by Gasteiger charge is 2.28. The SMILES string of the molecule is CCCC1CCCCN1C(CN)c1cc(F)cc(Cl)c1. The lowest BCUT2D eigenvalue weighted by Crippen LogP contribution is -2.44. The minimum absolute atomic E-state index is 0.0695. The Balaban J connectivity index is 2.24. The van der Waals surface area contributed by atoms with Crippen LogP contribution in [0.15, 0.2) is 18.2 Å². The molecule has 0 saturated carbocycles. The van der Waals surface area contributed by atoms with Crippen molar-refractivity contribution in [1.82, 2.24) is 4.90 Å². The Kier molecular flexibility index (Phi) is 5.82. The average molecular weight is 299 g/mol. The van der Waals surface area contributed by atoms with E-state index in [0.29, 0.717) is 17.6 Å². The van der Waals surface area contributed by atoms with Crippen molar-refractivity contribution in [2.75, 3.05) is 13.1 Å². The van der Waals surface area contributed by atoms with Crippen LogP contribution in [0.3, 0.4) is 0 Å². The van der Waals surface area contributed by atoms with Crippen LogP contribution in [-0.4, -0.2) is 24.0 Å². The molecule has 0 amide bonds. The first-order chi connectivity index (χ1) is 9.65. The third-order valence-corrected chi connectivity index (χ3v) is 4.41. The van der Waals surface area contributed by atoms with E-state index in [1.165, 1.54) is 38.2 Å². The summed E-state index contributed by atoms with van der Waals surface area (Å²) in [5.74, 6) is -0.282. The van der Waals surface area contributed by atoms with Gasteiger partial charge in [-0.1, -0.05) is 31.4 Å². The van der Waals surface area contributed by atoms with E-state index in [2.05, 4.69) is 11.8 Å². The molecule has 1 heterocycles. The summed E-state index contributed by atoms with van der Waals surface area (Å²) in [7, 11) is 0. The first-order valence-electron chi connectivity index (χ1n) is 7.57. The molecular weight excluding hydrogens is 275 g/mol. The van der Waals surface area contributed by atoms with E-state index < -0.39 is 0 Å². The van der Waals surface area contributed by atoms with Crippen molar-refractivity contribution in [3.8, 4) is 0 Å². The Morgan fingerprint density at radius 2 is 2.20 bits per heavy atom. The predicted molar refractivity (Wildman–Crippen MR) is 82.5 cm³/mol. The summed E-state index contributed by atoms with van der Waals surface area (Å²) in [4.78, 5) is 2.46. The van der Waals surface area contributed by atoms with Crippen LogP contribution >= 0.6 is 11.6 Å². The van der Waals surface area contributed by atoms with Crippen LogP contribution in [0.2, 0.25) is 5.02 Å². The van der Waals surface area contributed by atoms with Crippen LogP contribution in [0.25, 0.3) is 0 Å². The van der Waals surface area contributed by atoms with Crippen molar-refractivity contribution in [3.05, 3.63) is 34.6 Å². The molecule has 1 aliphatic rings.